The van der Waals surface area contributed by atoms with Crippen molar-refractivity contribution >= 4 is 11.9 Å². The van der Waals surface area contributed by atoms with Crippen molar-refractivity contribution in [1.82, 2.24) is 10.3 Å². The van der Waals surface area contributed by atoms with Crippen LogP contribution in [0.3, 0.4) is 0 Å². The Balaban J connectivity index is 1.53. The van der Waals surface area contributed by atoms with Crippen molar-refractivity contribution in [3.05, 3.63) is 77.5 Å². The van der Waals surface area contributed by atoms with Gasteiger partial charge in [0.25, 0.3) is 11.8 Å². The van der Waals surface area contributed by atoms with Crippen LogP contribution >= 0.6 is 0 Å². The summed E-state index contributed by atoms with van der Waals surface area (Å²) < 4.78 is 10.8. The Hall–Kier alpha value is -3.87. The van der Waals surface area contributed by atoms with Crippen LogP contribution in [-0.2, 0) is 6.54 Å². The summed E-state index contributed by atoms with van der Waals surface area (Å²) in [6.45, 7) is 1.12. The molecule has 1 aliphatic rings. The molecule has 2 N–H and O–H groups in total. The molecule has 3 aromatic rings. The van der Waals surface area contributed by atoms with Gasteiger partial charge in [0.1, 0.15) is 18.9 Å². The largest absolute Gasteiger partial charge is 0.484 e. The number of pyridine rings is 1. The molecule has 0 saturated carbocycles. The van der Waals surface area contributed by atoms with Crippen molar-refractivity contribution in [1.29, 1.82) is 0 Å². The number of carbonyl (C=O) groups excluding carboxylic acids is 1. The molecular weight excluding hydrogens is 372 g/mol. The second-order valence-corrected chi connectivity index (χ2v) is 6.42. The van der Waals surface area contributed by atoms with Gasteiger partial charge in [0.05, 0.1) is 5.56 Å². The fourth-order valence-electron chi connectivity index (χ4n) is 3.10. The predicted octanol–water partition coefficient (Wildman–Crippen LogP) is 3.15. The summed E-state index contributed by atoms with van der Waals surface area (Å²) in [5, 5.41) is 12.1. The van der Waals surface area contributed by atoms with E-state index in [1.807, 2.05) is 30.3 Å². The summed E-state index contributed by atoms with van der Waals surface area (Å²) in [7, 11) is 0. The molecule has 0 spiro atoms. The maximum absolute atomic E-state index is 12.5. The smallest absolute Gasteiger partial charge is 0.335 e. The van der Waals surface area contributed by atoms with Crippen LogP contribution in [0.5, 0.6) is 11.6 Å². The summed E-state index contributed by atoms with van der Waals surface area (Å²) in [5.74, 6) is -0.482. The van der Waals surface area contributed by atoms with Gasteiger partial charge in [0.15, 0.2) is 5.75 Å². The number of hydrogen-bond donors (Lipinski definition) is 2. The molecule has 0 fully saturated rings. The van der Waals surface area contributed by atoms with Gasteiger partial charge in [-0.3, -0.25) is 4.79 Å². The van der Waals surface area contributed by atoms with Crippen LogP contribution in [0, 0.1) is 0 Å². The van der Waals surface area contributed by atoms with Crippen LogP contribution in [-0.4, -0.2) is 35.2 Å². The van der Waals surface area contributed by atoms with E-state index < -0.39 is 5.97 Å². The number of carbonyl (C=O) groups is 2. The molecule has 7 heteroatoms. The minimum Gasteiger partial charge on any atom is -0.484 e. The maximum Gasteiger partial charge on any atom is 0.335 e. The van der Waals surface area contributed by atoms with Crippen LogP contribution in [0.1, 0.15) is 26.4 Å². The van der Waals surface area contributed by atoms with Gasteiger partial charge in [-0.25, -0.2) is 9.78 Å². The van der Waals surface area contributed by atoms with E-state index in [2.05, 4.69) is 10.3 Å². The number of carboxylic acids is 1. The Morgan fingerprint density at radius 2 is 1.83 bits per heavy atom. The van der Waals surface area contributed by atoms with Crippen molar-refractivity contribution in [2.75, 3.05) is 13.2 Å². The van der Waals surface area contributed by atoms with E-state index in [1.54, 1.807) is 30.3 Å². The molecule has 1 aromatic heterocycles. The number of hydrogen-bond acceptors (Lipinski definition) is 5. The lowest BCUT2D eigenvalue weighted by atomic mass is 9.98. The Labute approximate surface area is 166 Å². The third-order valence-corrected chi connectivity index (χ3v) is 4.51. The highest BCUT2D eigenvalue weighted by Crippen LogP contribution is 2.28. The van der Waals surface area contributed by atoms with E-state index in [0.29, 0.717) is 24.8 Å². The zero-order chi connectivity index (χ0) is 20.2. The van der Waals surface area contributed by atoms with Crippen molar-refractivity contribution in [2.45, 2.75) is 6.54 Å². The summed E-state index contributed by atoms with van der Waals surface area (Å²) >= 11 is 0. The van der Waals surface area contributed by atoms with E-state index in [1.165, 1.54) is 0 Å². The minimum atomic E-state index is -0.984. The van der Waals surface area contributed by atoms with Crippen molar-refractivity contribution in [2.24, 2.45) is 0 Å². The standard InChI is InChI=1S/C22H18N2O5/c25-20(18-8-9-19-21(24-18)29-11-10-28-19)23-13-16-4-1-2-7-17(16)14-5-3-6-15(12-14)22(26)27/h1-9,12H,10-11,13H2,(H,23,25)(H,26,27). The van der Waals surface area contributed by atoms with Crippen LogP contribution in [0.2, 0.25) is 0 Å². The lowest BCUT2D eigenvalue weighted by Gasteiger charge is -2.17. The van der Waals surface area contributed by atoms with Gasteiger partial charge in [0, 0.05) is 6.54 Å². The second-order valence-electron chi connectivity index (χ2n) is 6.42. The highest BCUT2D eigenvalue weighted by Gasteiger charge is 2.17. The molecule has 0 radical (unpaired) electrons. The highest BCUT2D eigenvalue weighted by atomic mass is 16.6. The van der Waals surface area contributed by atoms with Crippen LogP contribution < -0.4 is 14.8 Å². The van der Waals surface area contributed by atoms with E-state index in [0.717, 1.165) is 16.7 Å². The van der Waals surface area contributed by atoms with Crippen LogP contribution in [0.25, 0.3) is 11.1 Å². The fourth-order valence-corrected chi connectivity index (χ4v) is 3.10. The molecule has 2 heterocycles. The van der Waals surface area contributed by atoms with Crippen molar-refractivity contribution in [3.63, 3.8) is 0 Å². The number of amides is 1. The van der Waals surface area contributed by atoms with Crippen molar-refractivity contribution in [3.8, 4) is 22.8 Å². The van der Waals surface area contributed by atoms with Gasteiger partial charge < -0.3 is 19.9 Å². The lowest BCUT2D eigenvalue weighted by Crippen LogP contribution is -2.25. The number of aromatic carboxylic acids is 1. The molecule has 146 valence electrons. The van der Waals surface area contributed by atoms with Gasteiger partial charge in [-0.05, 0) is 41.0 Å². The molecule has 0 bridgehead atoms. The number of fused-ring (bicyclic) bond motifs is 1. The number of carboxylic acid groups (broad SMARTS) is 1. The van der Waals surface area contributed by atoms with E-state index in [4.69, 9.17) is 9.47 Å². The van der Waals surface area contributed by atoms with E-state index >= 15 is 0 Å². The van der Waals surface area contributed by atoms with Crippen molar-refractivity contribution < 1.29 is 24.2 Å². The fraction of sp³-hybridized carbons (Fsp3) is 0.136. The van der Waals surface area contributed by atoms with Gasteiger partial charge in [-0.1, -0.05) is 36.4 Å². The summed E-state index contributed by atoms with van der Waals surface area (Å²) in [6, 6.07) is 17.5. The first-order valence-corrected chi connectivity index (χ1v) is 9.08. The molecule has 29 heavy (non-hydrogen) atoms. The molecule has 7 nitrogen and oxygen atoms in total. The maximum atomic E-state index is 12.5. The van der Waals surface area contributed by atoms with Gasteiger partial charge in [-0.2, -0.15) is 0 Å². The minimum absolute atomic E-state index is 0.210. The SMILES string of the molecule is O=C(O)c1cccc(-c2ccccc2CNC(=O)c2ccc3c(n2)OCCO3)c1. The topological polar surface area (TPSA) is 97.8 Å². The van der Waals surface area contributed by atoms with Crippen LogP contribution in [0.15, 0.2) is 60.7 Å². The molecule has 1 aliphatic heterocycles. The van der Waals surface area contributed by atoms with E-state index in [-0.39, 0.29) is 23.7 Å². The highest BCUT2D eigenvalue weighted by molar-refractivity contribution is 5.93. The Morgan fingerprint density at radius 3 is 2.69 bits per heavy atom. The van der Waals surface area contributed by atoms with E-state index in [9.17, 15) is 14.7 Å². The first-order chi connectivity index (χ1) is 14.1. The number of nitrogens with zero attached hydrogens (tertiary/aromatic N) is 1. The predicted molar refractivity (Wildman–Crippen MR) is 105 cm³/mol. The molecule has 0 unspecified atom stereocenters. The molecular formula is C22H18N2O5. The molecule has 2 aromatic carbocycles. The number of ether oxygens (including phenoxy) is 2. The Bertz CT molecular complexity index is 1080. The third kappa shape index (κ3) is 4.03. The average Bonchev–Trinajstić information content (AvgIpc) is 2.77. The first-order valence-electron chi connectivity index (χ1n) is 9.08. The average molecular weight is 390 g/mol. The number of nitrogens with one attached hydrogen (secondary N) is 1. The Kier molecular flexibility index (Phi) is 5.11. The zero-order valence-electron chi connectivity index (χ0n) is 15.4. The Morgan fingerprint density at radius 1 is 1.00 bits per heavy atom. The summed E-state index contributed by atoms with van der Waals surface area (Å²) in [4.78, 5) is 28.0. The van der Waals surface area contributed by atoms with Gasteiger partial charge in [-0.15, -0.1) is 0 Å². The second kappa shape index (κ2) is 8.02. The summed E-state index contributed by atoms with van der Waals surface area (Å²) in [6.07, 6.45) is 0. The lowest BCUT2D eigenvalue weighted by molar-refractivity contribution is 0.0696. The molecule has 1 amide bonds. The first kappa shape index (κ1) is 18.5. The van der Waals surface area contributed by atoms with Gasteiger partial charge >= 0.3 is 5.97 Å². The van der Waals surface area contributed by atoms with Crippen LogP contribution in [0.4, 0.5) is 0 Å². The summed E-state index contributed by atoms with van der Waals surface area (Å²) in [5.41, 5.74) is 2.93. The quantitative estimate of drug-likeness (QED) is 0.695. The molecule has 0 atom stereocenters. The molecule has 0 aliphatic carbocycles. The third-order valence-electron chi connectivity index (χ3n) is 4.51. The number of rotatable bonds is 5. The molecule has 4 rings (SSSR count). The molecule has 0 saturated heterocycles. The zero-order valence-corrected chi connectivity index (χ0v) is 15.4. The normalized spacial score (nSPS) is 12.3. The number of benzene rings is 2. The monoisotopic (exact) mass is 390 g/mol. The van der Waals surface area contributed by atoms with Gasteiger partial charge in [0.2, 0.25) is 0 Å². The number of aromatic nitrogens is 1.